The summed E-state index contributed by atoms with van der Waals surface area (Å²) in [6.45, 7) is 0. The van der Waals surface area contributed by atoms with Crippen LogP contribution in [0.25, 0.3) is 0 Å². The molecule has 0 atom stereocenters. The zero-order chi connectivity index (χ0) is 0. The van der Waals surface area contributed by atoms with Gasteiger partial charge in [-0.15, -0.1) is 0 Å². The smallest absolute Gasteiger partial charge is 0.344 e. The van der Waals surface area contributed by atoms with Crippen molar-refractivity contribution < 1.29 is 21.9 Å². The molecule has 0 spiro atoms. The van der Waals surface area contributed by atoms with Gasteiger partial charge in [-0.3, -0.25) is 0 Å². The number of hydrogen-bond donors (Lipinski definition) is 4. The second kappa shape index (κ2) is 2100. The summed E-state index contributed by atoms with van der Waals surface area (Å²) in [5, 5.41) is 0. The zero-order valence-corrected chi connectivity index (χ0v) is 4.83. The third-order valence-electron chi connectivity index (χ3n) is 0. The van der Waals surface area contributed by atoms with Gasteiger partial charge in [0.05, 0.1) is 0 Å². The first kappa shape index (κ1) is 3350. The van der Waals surface area contributed by atoms with Crippen molar-refractivity contribution in [2.24, 2.45) is 0 Å². The Morgan fingerprint density at radius 3 is 0.250 bits per heavy atom. The molecule has 0 aliphatic heterocycles. The third kappa shape index (κ3) is 1210. The second-order valence-corrected chi connectivity index (χ2v) is 0. The van der Waals surface area contributed by atoms with E-state index in [4.69, 9.17) is 0 Å². The highest BCUT2D eigenvalue weighted by atomic mass is 16.0. The van der Waals surface area contributed by atoms with Gasteiger partial charge in [0.2, 0.25) is 0 Å². The van der Waals surface area contributed by atoms with Crippen LogP contribution >= 0.6 is 0 Å². The van der Waals surface area contributed by atoms with E-state index in [9.17, 15) is 0 Å². The van der Waals surface area contributed by atoms with E-state index in [1.807, 2.05) is 0 Å². The van der Waals surface area contributed by atoms with E-state index >= 15 is 0 Å². The number of rotatable bonds is 0. The minimum atomic E-state index is 0. The van der Waals surface area contributed by atoms with Crippen molar-refractivity contribution >= 4 is 0 Å². The first-order valence-electron chi connectivity index (χ1n) is 0. The average Bonchev–Trinajstić information content (AvgIpc) is 0. The van der Waals surface area contributed by atoms with E-state index in [0.717, 1.165) is 0 Å². The maximum absolute atomic E-state index is 0. The molecule has 0 aromatic rings. The van der Waals surface area contributed by atoms with Gasteiger partial charge in [0.1, 0.15) is 0 Å². The normalized spacial score (nSPS) is 0. The van der Waals surface area contributed by atoms with Crippen molar-refractivity contribution in [3.05, 3.63) is 0 Å². The van der Waals surface area contributed by atoms with E-state index in [-0.39, 0.29) is 46.5 Å². The Hall–Kier alpha value is -0.320. The fraction of sp³-hybridized carbons (Fsp3) is 0. The molecule has 8 nitrogen and oxygen atoms in total. The molecule has 20 N–H and O–H groups in total. The molecule has 0 heterocycles. The summed E-state index contributed by atoms with van der Waals surface area (Å²) in [4.78, 5) is 0. The third-order valence-corrected chi connectivity index (χ3v) is 0. The van der Waals surface area contributed by atoms with Crippen LogP contribution in [-0.2, 0) is 0 Å². The molecule has 0 aliphatic carbocycles. The molecule has 0 saturated carbocycles. The Morgan fingerprint density at radius 1 is 0.250 bits per heavy atom. The van der Waals surface area contributed by atoms with Gasteiger partial charge in [0.15, 0.2) is 0 Å². The highest BCUT2D eigenvalue weighted by molar-refractivity contribution is 2.14. The monoisotopic (exact) mass is 140 g/mol. The lowest BCUT2D eigenvalue weighted by Crippen LogP contribution is -0.482. The highest BCUT2D eigenvalue weighted by Gasteiger charge is -0.341. The van der Waals surface area contributed by atoms with Gasteiger partial charge in [-0.25, -0.2) is 0 Å². The minimum absolute atomic E-state index is 0. The molecule has 0 amide bonds. The predicted octanol–water partition coefficient (Wildman–Crippen LogP) is -2.65. The van der Waals surface area contributed by atoms with E-state index in [1.165, 1.54) is 0 Å². The van der Waals surface area contributed by atoms with E-state index in [1.54, 1.807) is 0 Å². The summed E-state index contributed by atoms with van der Waals surface area (Å²) in [5.74, 6) is 0. The van der Waals surface area contributed by atoms with Gasteiger partial charge in [-0.1, -0.05) is 0 Å². The van der Waals surface area contributed by atoms with Gasteiger partial charge in [0, 0.05) is 0 Å². The lowest BCUT2D eigenvalue weighted by Gasteiger charge is -0.413. The average molecular weight is 140 g/mol. The van der Waals surface area contributed by atoms with E-state index in [2.05, 4.69) is 0 Å². The van der Waals surface area contributed by atoms with Crippen LogP contribution in [-0.4, -0.2) is 21.9 Å². The molecular formula is H20N4O4. The Kier molecular flexibility index (Phi) is 880000. The molecule has 0 rings (SSSR count). The summed E-state index contributed by atoms with van der Waals surface area (Å²) in [7, 11) is 0. The molecule has 8 heavy (non-hydrogen) atoms. The van der Waals surface area contributed by atoms with Crippen molar-refractivity contribution in [3.63, 3.8) is 0 Å². The van der Waals surface area contributed by atoms with Crippen LogP contribution in [0.1, 0.15) is 0 Å². The molecule has 64 valence electrons. The molecular weight excluding hydrogens is 120 g/mol. The largest absolute Gasteiger partial charge is 0.412 e. The standard InChI is InChI=1S/4H3N.4H2O/h4*1H3;4*1H2. The van der Waals surface area contributed by atoms with Crippen LogP contribution in [0.2, 0.25) is 0 Å². The van der Waals surface area contributed by atoms with Crippen LogP contribution in [0.15, 0.2) is 0 Å². The molecule has 0 aliphatic rings. The Bertz CT molecular complexity index is 8.00. The van der Waals surface area contributed by atoms with E-state index in [0.29, 0.717) is 0 Å². The Labute approximate surface area is 47.8 Å². The van der Waals surface area contributed by atoms with Crippen LogP contribution in [0.3, 0.4) is 0 Å². The molecule has 0 aromatic heterocycles. The summed E-state index contributed by atoms with van der Waals surface area (Å²) < 4.78 is 0. The summed E-state index contributed by atoms with van der Waals surface area (Å²) in [6.07, 6.45) is 0. The van der Waals surface area contributed by atoms with Gasteiger partial charge in [-0.2, -0.15) is 0 Å². The van der Waals surface area contributed by atoms with Gasteiger partial charge in [0.25, 0.3) is 0 Å². The van der Waals surface area contributed by atoms with Gasteiger partial charge >= 0.3 is 0 Å². The van der Waals surface area contributed by atoms with Gasteiger partial charge in [-0.05, 0) is 0 Å². The molecule has 0 saturated heterocycles. The summed E-state index contributed by atoms with van der Waals surface area (Å²) in [6, 6.07) is 0. The molecule has 0 aromatic carbocycles. The fourth-order valence-electron chi connectivity index (χ4n) is 0. The Morgan fingerprint density at radius 2 is 0.250 bits per heavy atom. The number of hydrogen-bond acceptors (Lipinski definition) is 4. The molecule has 0 unspecified atom stereocenters. The van der Waals surface area contributed by atoms with Crippen molar-refractivity contribution in [3.8, 4) is 0 Å². The second-order valence-electron chi connectivity index (χ2n) is 0. The Balaban J connectivity index is 0. The van der Waals surface area contributed by atoms with Crippen LogP contribution < -0.4 is 24.6 Å². The maximum atomic E-state index is 0. The fourth-order valence-corrected chi connectivity index (χ4v) is 0. The molecule has 0 bridgehead atoms. The zero-order valence-electron chi connectivity index (χ0n) is 4.83. The molecule has 8 heteroatoms. The lowest BCUT2D eigenvalue weighted by atomic mass is 14.0. The van der Waals surface area contributed by atoms with Crippen molar-refractivity contribution in [1.82, 2.24) is 24.6 Å². The van der Waals surface area contributed by atoms with Crippen LogP contribution in [0.4, 0.5) is 0 Å². The van der Waals surface area contributed by atoms with Crippen LogP contribution in [0, 0.1) is 0 Å². The maximum Gasteiger partial charge on any atom is -0.344 e. The van der Waals surface area contributed by atoms with E-state index < -0.39 is 0 Å². The molecule has 0 radical (unpaired) electrons. The van der Waals surface area contributed by atoms with Crippen molar-refractivity contribution in [2.75, 3.05) is 0 Å². The van der Waals surface area contributed by atoms with Crippen molar-refractivity contribution in [1.29, 1.82) is 0 Å². The summed E-state index contributed by atoms with van der Waals surface area (Å²) >= 11 is 0. The van der Waals surface area contributed by atoms with Gasteiger partial charge < -0.3 is 46.5 Å². The highest BCUT2D eigenvalue weighted by Crippen LogP contribution is -0.286. The quantitative estimate of drug-likeness (QED) is 0.280. The predicted molar refractivity (Wildman–Crippen MR) is 34.5 cm³/mol. The topological polar surface area (TPSA) is 266 Å². The molecule has 0 fully saturated rings. The van der Waals surface area contributed by atoms with Crippen molar-refractivity contribution in [2.45, 2.75) is 0 Å². The first-order valence-corrected chi connectivity index (χ1v) is 0. The van der Waals surface area contributed by atoms with Crippen LogP contribution in [0.5, 0.6) is 0 Å². The first-order chi connectivity index (χ1) is 0. The lowest BCUT2D eigenvalue weighted by molar-refractivity contribution is 0.823. The SMILES string of the molecule is N.N.N.N.O.O.O.O. The minimum Gasteiger partial charge on any atom is -0.412 e. The summed E-state index contributed by atoms with van der Waals surface area (Å²) in [5.41, 5.74) is 0.